The van der Waals surface area contributed by atoms with Crippen LogP contribution in [-0.4, -0.2) is 33.0 Å². The topological polar surface area (TPSA) is 113 Å². The Kier molecular flexibility index (Phi) is 7.96. The zero-order chi connectivity index (χ0) is 21.4. The first-order valence-electron chi connectivity index (χ1n) is 8.66. The predicted molar refractivity (Wildman–Crippen MR) is 109 cm³/mol. The molecule has 29 heavy (non-hydrogen) atoms. The fourth-order valence-electron chi connectivity index (χ4n) is 2.50. The lowest BCUT2D eigenvalue weighted by atomic mass is 9.99. The number of hydrogen-bond donors (Lipinski definition) is 1. The van der Waals surface area contributed by atoms with Crippen LogP contribution in [-0.2, 0) is 26.1 Å². The number of Topliss-reactive ketones (excluding diaryl/α,β-unsaturated/α-hetero) is 1. The van der Waals surface area contributed by atoms with Gasteiger partial charge in [0.1, 0.15) is 0 Å². The van der Waals surface area contributed by atoms with Gasteiger partial charge >= 0.3 is 5.97 Å². The number of rotatable bonds is 9. The van der Waals surface area contributed by atoms with Crippen LogP contribution >= 0.6 is 11.8 Å². The van der Waals surface area contributed by atoms with Crippen molar-refractivity contribution in [2.24, 2.45) is 5.92 Å². The van der Waals surface area contributed by atoms with E-state index in [9.17, 15) is 23.3 Å². The second kappa shape index (κ2) is 10.2. The molecule has 2 aromatic rings. The summed E-state index contributed by atoms with van der Waals surface area (Å²) in [6.45, 7) is 1.57. The first-order chi connectivity index (χ1) is 13.8. The molecule has 0 spiro atoms. The average Bonchev–Trinajstić information content (AvgIpc) is 2.73. The van der Waals surface area contributed by atoms with Crippen molar-refractivity contribution in [1.82, 2.24) is 4.72 Å². The van der Waals surface area contributed by atoms with E-state index >= 15 is 0 Å². The van der Waals surface area contributed by atoms with Crippen molar-refractivity contribution >= 4 is 33.5 Å². The van der Waals surface area contributed by atoms with Crippen LogP contribution in [0.1, 0.15) is 22.8 Å². The van der Waals surface area contributed by atoms with Crippen molar-refractivity contribution in [3.63, 3.8) is 0 Å². The van der Waals surface area contributed by atoms with E-state index in [4.69, 9.17) is 4.74 Å². The number of carbonyl (C=O) groups excluding carboxylic acids is 2. The Morgan fingerprint density at radius 1 is 1.17 bits per heavy atom. The van der Waals surface area contributed by atoms with Gasteiger partial charge in [0.25, 0.3) is 0 Å². The van der Waals surface area contributed by atoms with Gasteiger partial charge in [0.15, 0.2) is 5.78 Å². The van der Waals surface area contributed by atoms with E-state index < -0.39 is 27.7 Å². The van der Waals surface area contributed by atoms with Crippen molar-refractivity contribution in [1.29, 1.82) is 5.26 Å². The van der Waals surface area contributed by atoms with Crippen LogP contribution in [0.3, 0.4) is 0 Å². The fourth-order valence-corrected chi connectivity index (χ4v) is 4.14. The summed E-state index contributed by atoms with van der Waals surface area (Å²) in [6.07, 6.45) is 1.94. The molecule has 0 aliphatic rings. The maximum atomic E-state index is 12.8. The van der Waals surface area contributed by atoms with Crippen LogP contribution in [0.4, 0.5) is 0 Å². The number of nitrogens with one attached hydrogen (secondary N) is 1. The molecule has 0 aromatic heterocycles. The zero-order valence-corrected chi connectivity index (χ0v) is 17.5. The van der Waals surface area contributed by atoms with Crippen molar-refractivity contribution in [2.45, 2.75) is 23.3 Å². The standard InChI is InChI=1S/C20H20N2O5S2/c1-3-27-20(24)17(12-21)19(23)16-6-4-5-7-18(16)29(25,26)22-13-14-8-10-15(28-2)11-9-14/h4-11,17,22H,3,13H2,1-2H3. The maximum absolute atomic E-state index is 12.8. The average molecular weight is 433 g/mol. The second-order valence-corrected chi connectivity index (χ2v) is 8.46. The van der Waals surface area contributed by atoms with Gasteiger partial charge in [-0.2, -0.15) is 5.26 Å². The summed E-state index contributed by atoms with van der Waals surface area (Å²) in [5.74, 6) is -3.66. The number of benzene rings is 2. The molecular formula is C20H20N2O5S2. The monoisotopic (exact) mass is 432 g/mol. The highest BCUT2D eigenvalue weighted by molar-refractivity contribution is 7.98. The van der Waals surface area contributed by atoms with Gasteiger partial charge in [-0.05, 0) is 43.0 Å². The molecule has 1 atom stereocenters. The van der Waals surface area contributed by atoms with Gasteiger partial charge in [-0.1, -0.05) is 24.3 Å². The summed E-state index contributed by atoms with van der Waals surface area (Å²) in [6, 6.07) is 14.4. The number of thioether (sulfide) groups is 1. The largest absolute Gasteiger partial charge is 0.465 e. The predicted octanol–water partition coefficient (Wildman–Crippen LogP) is 2.77. The Morgan fingerprint density at radius 2 is 1.83 bits per heavy atom. The molecule has 2 aromatic carbocycles. The quantitative estimate of drug-likeness (QED) is 0.280. The molecule has 152 valence electrons. The second-order valence-electron chi connectivity index (χ2n) is 5.85. The van der Waals surface area contributed by atoms with E-state index in [1.54, 1.807) is 36.9 Å². The van der Waals surface area contributed by atoms with Gasteiger partial charge in [0.2, 0.25) is 15.9 Å². The Balaban J connectivity index is 2.28. The highest BCUT2D eigenvalue weighted by atomic mass is 32.2. The minimum atomic E-state index is -4.07. The molecule has 0 heterocycles. The third-order valence-electron chi connectivity index (χ3n) is 3.98. The van der Waals surface area contributed by atoms with E-state index in [2.05, 4.69) is 4.72 Å². The number of sulfonamides is 1. The van der Waals surface area contributed by atoms with Gasteiger partial charge in [-0.3, -0.25) is 9.59 Å². The number of ether oxygens (including phenoxy) is 1. The molecular weight excluding hydrogens is 412 g/mol. The van der Waals surface area contributed by atoms with Gasteiger partial charge in [-0.25, -0.2) is 13.1 Å². The number of nitrogens with zero attached hydrogens (tertiary/aromatic N) is 1. The van der Waals surface area contributed by atoms with Crippen LogP contribution in [0.15, 0.2) is 58.3 Å². The summed E-state index contributed by atoms with van der Waals surface area (Å²) < 4.78 is 32.8. The summed E-state index contributed by atoms with van der Waals surface area (Å²) >= 11 is 1.57. The summed E-state index contributed by atoms with van der Waals surface area (Å²) in [4.78, 5) is 25.3. The van der Waals surface area contributed by atoms with E-state index in [1.165, 1.54) is 24.3 Å². The molecule has 0 fully saturated rings. The van der Waals surface area contributed by atoms with Crippen LogP contribution in [0.25, 0.3) is 0 Å². The molecule has 1 N–H and O–H groups in total. The highest BCUT2D eigenvalue weighted by Gasteiger charge is 2.32. The van der Waals surface area contributed by atoms with Crippen LogP contribution in [0, 0.1) is 17.2 Å². The van der Waals surface area contributed by atoms with Crippen molar-refractivity contribution in [2.75, 3.05) is 12.9 Å². The molecule has 2 rings (SSSR count). The third-order valence-corrected chi connectivity index (χ3v) is 6.18. The Morgan fingerprint density at radius 3 is 2.41 bits per heavy atom. The summed E-state index contributed by atoms with van der Waals surface area (Å²) in [5.41, 5.74) is 0.508. The lowest BCUT2D eigenvalue weighted by Gasteiger charge is -2.13. The zero-order valence-electron chi connectivity index (χ0n) is 15.9. The van der Waals surface area contributed by atoms with Crippen LogP contribution < -0.4 is 4.72 Å². The number of carbonyl (C=O) groups is 2. The van der Waals surface area contributed by atoms with Crippen LogP contribution in [0.2, 0.25) is 0 Å². The minimum absolute atomic E-state index is 0.00111. The SMILES string of the molecule is CCOC(=O)C(C#N)C(=O)c1ccccc1S(=O)(=O)NCc1ccc(SC)cc1. The number of ketones is 1. The number of hydrogen-bond acceptors (Lipinski definition) is 7. The first kappa shape index (κ1) is 22.6. The molecule has 0 aliphatic heterocycles. The number of nitriles is 1. The first-order valence-corrected chi connectivity index (χ1v) is 11.4. The van der Waals surface area contributed by atoms with Crippen molar-refractivity contribution < 1.29 is 22.7 Å². The van der Waals surface area contributed by atoms with E-state index in [0.717, 1.165) is 10.5 Å². The Labute approximate surface area is 174 Å². The molecule has 0 radical (unpaired) electrons. The summed E-state index contributed by atoms with van der Waals surface area (Å²) in [5, 5.41) is 9.20. The van der Waals surface area contributed by atoms with Crippen LogP contribution in [0.5, 0.6) is 0 Å². The number of esters is 1. The van der Waals surface area contributed by atoms with E-state index in [-0.39, 0.29) is 23.6 Å². The molecule has 7 nitrogen and oxygen atoms in total. The van der Waals surface area contributed by atoms with E-state index in [1.807, 2.05) is 18.4 Å². The van der Waals surface area contributed by atoms with Gasteiger partial charge < -0.3 is 4.74 Å². The molecule has 1 unspecified atom stereocenters. The smallest absolute Gasteiger partial charge is 0.331 e. The Hall–Kier alpha value is -2.67. The normalized spacial score (nSPS) is 12.0. The Bertz CT molecular complexity index is 1030. The molecule has 0 amide bonds. The molecule has 0 saturated carbocycles. The third kappa shape index (κ3) is 5.67. The molecule has 0 saturated heterocycles. The highest BCUT2D eigenvalue weighted by Crippen LogP contribution is 2.21. The van der Waals surface area contributed by atoms with Gasteiger partial charge in [-0.15, -0.1) is 11.8 Å². The molecule has 9 heteroatoms. The fraction of sp³-hybridized carbons (Fsp3) is 0.250. The van der Waals surface area contributed by atoms with Crippen molar-refractivity contribution in [3.8, 4) is 6.07 Å². The lowest BCUT2D eigenvalue weighted by molar-refractivity contribution is -0.144. The minimum Gasteiger partial charge on any atom is -0.465 e. The van der Waals surface area contributed by atoms with Gasteiger partial charge in [0.05, 0.1) is 17.6 Å². The summed E-state index contributed by atoms with van der Waals surface area (Å²) in [7, 11) is -4.07. The lowest BCUT2D eigenvalue weighted by Crippen LogP contribution is -2.29. The van der Waals surface area contributed by atoms with E-state index in [0.29, 0.717) is 0 Å². The van der Waals surface area contributed by atoms with Gasteiger partial charge in [0, 0.05) is 17.0 Å². The molecule has 0 bridgehead atoms. The van der Waals surface area contributed by atoms with Crippen molar-refractivity contribution in [3.05, 3.63) is 59.7 Å². The maximum Gasteiger partial charge on any atom is 0.331 e. The molecule has 0 aliphatic carbocycles.